The van der Waals surface area contributed by atoms with Gasteiger partial charge in [0, 0.05) is 30.1 Å². The largest absolute Gasteiger partial charge is 0.494 e. The SMILES string of the molecule is CC(=O)NCCCOc1ccc(-c2ncc(CNC(=O)OC(C)(C)C)s2)cc1. The van der Waals surface area contributed by atoms with E-state index in [1.54, 1.807) is 6.20 Å². The number of aromatic nitrogens is 1. The molecule has 0 saturated carbocycles. The van der Waals surface area contributed by atoms with Gasteiger partial charge in [0.25, 0.3) is 0 Å². The monoisotopic (exact) mass is 405 g/mol. The van der Waals surface area contributed by atoms with Gasteiger partial charge in [-0.15, -0.1) is 11.3 Å². The van der Waals surface area contributed by atoms with Crippen molar-refractivity contribution in [2.45, 2.75) is 46.3 Å². The summed E-state index contributed by atoms with van der Waals surface area (Å²) in [6.45, 7) is 8.50. The molecule has 0 unspecified atom stereocenters. The Morgan fingerprint density at radius 3 is 2.50 bits per heavy atom. The Labute approximate surface area is 169 Å². The number of nitrogens with one attached hydrogen (secondary N) is 2. The highest BCUT2D eigenvalue weighted by molar-refractivity contribution is 7.15. The maximum atomic E-state index is 11.7. The normalized spacial score (nSPS) is 11.0. The molecule has 0 bridgehead atoms. The van der Waals surface area contributed by atoms with Crippen molar-refractivity contribution in [3.63, 3.8) is 0 Å². The molecule has 0 saturated heterocycles. The van der Waals surface area contributed by atoms with Crippen LogP contribution in [-0.4, -0.2) is 35.7 Å². The van der Waals surface area contributed by atoms with E-state index in [2.05, 4.69) is 15.6 Å². The second-order valence-electron chi connectivity index (χ2n) is 7.20. The number of thiazole rings is 1. The minimum atomic E-state index is -0.517. The van der Waals surface area contributed by atoms with Crippen molar-refractivity contribution >= 4 is 23.3 Å². The van der Waals surface area contributed by atoms with Crippen LogP contribution in [0.2, 0.25) is 0 Å². The van der Waals surface area contributed by atoms with Gasteiger partial charge in [0.05, 0.1) is 13.2 Å². The summed E-state index contributed by atoms with van der Waals surface area (Å²) in [6, 6.07) is 7.70. The van der Waals surface area contributed by atoms with Gasteiger partial charge in [0.1, 0.15) is 16.4 Å². The number of nitrogens with zero attached hydrogens (tertiary/aromatic N) is 1. The molecule has 0 radical (unpaired) electrons. The Balaban J connectivity index is 1.81. The van der Waals surface area contributed by atoms with Gasteiger partial charge in [0.2, 0.25) is 5.91 Å². The molecule has 7 nitrogen and oxygen atoms in total. The van der Waals surface area contributed by atoms with Gasteiger partial charge in [-0.05, 0) is 51.5 Å². The van der Waals surface area contributed by atoms with Crippen molar-refractivity contribution in [3.05, 3.63) is 35.3 Å². The summed E-state index contributed by atoms with van der Waals surface area (Å²) in [5.74, 6) is 0.739. The molecule has 28 heavy (non-hydrogen) atoms. The molecule has 2 aromatic rings. The van der Waals surface area contributed by atoms with Crippen LogP contribution in [0.3, 0.4) is 0 Å². The Hall–Kier alpha value is -2.61. The molecule has 2 N–H and O–H groups in total. The average Bonchev–Trinajstić information content (AvgIpc) is 3.07. The van der Waals surface area contributed by atoms with Crippen LogP contribution in [0.5, 0.6) is 5.75 Å². The molecule has 0 atom stereocenters. The Morgan fingerprint density at radius 2 is 1.86 bits per heavy atom. The van der Waals surface area contributed by atoms with Gasteiger partial charge in [0.15, 0.2) is 0 Å². The Bertz CT molecular complexity index is 781. The number of ether oxygens (including phenoxy) is 2. The van der Waals surface area contributed by atoms with Crippen LogP contribution in [0, 0.1) is 0 Å². The highest BCUT2D eigenvalue weighted by Crippen LogP contribution is 2.27. The topological polar surface area (TPSA) is 89.5 Å². The van der Waals surface area contributed by atoms with E-state index in [1.807, 2.05) is 45.0 Å². The molecule has 152 valence electrons. The first-order valence-electron chi connectivity index (χ1n) is 9.12. The molecule has 1 aromatic carbocycles. The first-order chi connectivity index (χ1) is 13.2. The highest BCUT2D eigenvalue weighted by Gasteiger charge is 2.16. The van der Waals surface area contributed by atoms with Crippen molar-refractivity contribution < 1.29 is 19.1 Å². The number of hydrogen-bond donors (Lipinski definition) is 2. The number of benzene rings is 1. The molecule has 1 aromatic heterocycles. The summed E-state index contributed by atoms with van der Waals surface area (Å²) in [5.41, 5.74) is 0.468. The van der Waals surface area contributed by atoms with Gasteiger partial charge >= 0.3 is 6.09 Å². The van der Waals surface area contributed by atoms with Crippen molar-refractivity contribution in [1.29, 1.82) is 0 Å². The van der Waals surface area contributed by atoms with Crippen LogP contribution >= 0.6 is 11.3 Å². The first-order valence-corrected chi connectivity index (χ1v) is 9.94. The van der Waals surface area contributed by atoms with Crippen LogP contribution in [0.1, 0.15) is 39.0 Å². The van der Waals surface area contributed by atoms with E-state index in [-0.39, 0.29) is 5.91 Å². The van der Waals surface area contributed by atoms with E-state index < -0.39 is 11.7 Å². The molecule has 0 aliphatic heterocycles. The van der Waals surface area contributed by atoms with Crippen LogP contribution in [-0.2, 0) is 16.1 Å². The molecule has 8 heteroatoms. The maximum Gasteiger partial charge on any atom is 0.407 e. The summed E-state index contributed by atoms with van der Waals surface area (Å²) in [5, 5.41) is 6.34. The minimum Gasteiger partial charge on any atom is -0.494 e. The lowest BCUT2D eigenvalue weighted by Gasteiger charge is -2.19. The van der Waals surface area contributed by atoms with Gasteiger partial charge in [-0.1, -0.05) is 0 Å². The fourth-order valence-corrected chi connectivity index (χ4v) is 3.07. The molecule has 0 aliphatic rings. The smallest absolute Gasteiger partial charge is 0.407 e. The fraction of sp³-hybridized carbons (Fsp3) is 0.450. The fourth-order valence-electron chi connectivity index (χ4n) is 2.22. The number of amides is 2. The number of rotatable bonds is 8. The molecular weight excluding hydrogens is 378 g/mol. The molecule has 0 aliphatic carbocycles. The highest BCUT2D eigenvalue weighted by atomic mass is 32.1. The number of carbonyl (C=O) groups is 2. The third kappa shape index (κ3) is 7.96. The minimum absolute atomic E-state index is 0.0338. The second-order valence-corrected chi connectivity index (χ2v) is 8.31. The standard InChI is InChI=1S/C20H27N3O4S/c1-14(24)21-10-5-11-26-16-8-6-15(7-9-16)18-22-12-17(28-18)13-23-19(25)27-20(2,3)4/h6-9,12H,5,10-11,13H2,1-4H3,(H,21,24)(H,23,25). The summed E-state index contributed by atoms with van der Waals surface area (Å²) >= 11 is 1.52. The molecule has 0 fully saturated rings. The summed E-state index contributed by atoms with van der Waals surface area (Å²) in [6.07, 6.45) is 2.06. The van der Waals surface area contributed by atoms with E-state index in [1.165, 1.54) is 18.3 Å². The number of alkyl carbamates (subject to hydrolysis) is 1. The van der Waals surface area contributed by atoms with Crippen LogP contribution in [0.25, 0.3) is 10.6 Å². The van der Waals surface area contributed by atoms with E-state index >= 15 is 0 Å². The van der Waals surface area contributed by atoms with Crippen molar-refractivity contribution in [1.82, 2.24) is 15.6 Å². The quantitative estimate of drug-likeness (QED) is 0.653. The molecule has 2 rings (SSSR count). The lowest BCUT2D eigenvalue weighted by molar-refractivity contribution is -0.118. The maximum absolute atomic E-state index is 11.7. The van der Waals surface area contributed by atoms with Crippen LogP contribution < -0.4 is 15.4 Å². The lowest BCUT2D eigenvalue weighted by Crippen LogP contribution is -2.31. The van der Waals surface area contributed by atoms with Gasteiger partial charge in [-0.3, -0.25) is 4.79 Å². The van der Waals surface area contributed by atoms with Gasteiger partial charge in [-0.2, -0.15) is 0 Å². The van der Waals surface area contributed by atoms with Gasteiger partial charge < -0.3 is 20.1 Å². The predicted molar refractivity (Wildman–Crippen MR) is 109 cm³/mol. The van der Waals surface area contributed by atoms with Crippen molar-refractivity contribution in [3.8, 4) is 16.3 Å². The molecular formula is C20H27N3O4S. The second kappa shape index (κ2) is 10.1. The molecule has 2 amide bonds. The third-order valence-electron chi connectivity index (χ3n) is 3.42. The summed E-state index contributed by atoms with van der Waals surface area (Å²) in [7, 11) is 0. The number of hydrogen-bond acceptors (Lipinski definition) is 6. The summed E-state index contributed by atoms with van der Waals surface area (Å²) < 4.78 is 10.9. The lowest BCUT2D eigenvalue weighted by atomic mass is 10.2. The Kier molecular flexibility index (Phi) is 7.80. The zero-order valence-electron chi connectivity index (χ0n) is 16.7. The van der Waals surface area contributed by atoms with Crippen LogP contribution in [0.15, 0.2) is 30.5 Å². The molecule has 0 spiro atoms. The van der Waals surface area contributed by atoms with E-state index in [4.69, 9.17) is 9.47 Å². The average molecular weight is 406 g/mol. The summed E-state index contributed by atoms with van der Waals surface area (Å²) in [4.78, 5) is 27.9. The van der Waals surface area contributed by atoms with Gasteiger partial charge in [-0.25, -0.2) is 9.78 Å². The zero-order chi connectivity index (χ0) is 20.6. The third-order valence-corrected chi connectivity index (χ3v) is 4.47. The van der Waals surface area contributed by atoms with Crippen molar-refractivity contribution in [2.75, 3.05) is 13.2 Å². The van der Waals surface area contributed by atoms with Crippen LogP contribution in [0.4, 0.5) is 4.79 Å². The molecule has 1 heterocycles. The van der Waals surface area contributed by atoms with Crippen molar-refractivity contribution in [2.24, 2.45) is 0 Å². The zero-order valence-corrected chi connectivity index (χ0v) is 17.5. The Morgan fingerprint density at radius 1 is 1.14 bits per heavy atom. The number of carbonyl (C=O) groups excluding carboxylic acids is 2. The van der Waals surface area contributed by atoms with E-state index in [0.717, 1.165) is 27.6 Å². The predicted octanol–water partition coefficient (Wildman–Crippen LogP) is 3.74. The van der Waals surface area contributed by atoms with E-state index in [9.17, 15) is 9.59 Å². The van der Waals surface area contributed by atoms with E-state index in [0.29, 0.717) is 19.7 Å². The first kappa shape index (κ1) is 21.7.